The molecule has 0 amide bonds. The maximum atomic E-state index is 9.40. The van der Waals surface area contributed by atoms with Gasteiger partial charge in [0.1, 0.15) is 6.29 Å². The van der Waals surface area contributed by atoms with Crippen LogP contribution in [0.1, 0.15) is 47.5 Å². The molecule has 0 spiro atoms. The SMILES string of the molecule is CC.CCCC=O.CNC(C)(C)CO. The third-order valence-electron chi connectivity index (χ3n) is 1.48. The quantitative estimate of drug-likeness (QED) is 0.690. The van der Waals surface area contributed by atoms with Gasteiger partial charge in [-0.15, -0.1) is 0 Å². The second kappa shape index (κ2) is 15.1. The highest BCUT2D eigenvalue weighted by Crippen LogP contribution is 1.95. The van der Waals surface area contributed by atoms with Crippen molar-refractivity contribution in [2.75, 3.05) is 13.7 Å². The maximum absolute atomic E-state index is 9.40. The number of unbranched alkanes of at least 4 members (excludes halogenated alkanes) is 1. The number of hydrogen-bond donors (Lipinski definition) is 2. The molecule has 2 N–H and O–H groups in total. The van der Waals surface area contributed by atoms with Gasteiger partial charge in [0.15, 0.2) is 0 Å². The first-order chi connectivity index (χ1) is 6.54. The molecule has 3 nitrogen and oxygen atoms in total. The number of carbonyl (C=O) groups excluding carboxylic acids is 1. The van der Waals surface area contributed by atoms with Gasteiger partial charge in [0.2, 0.25) is 0 Å². The van der Waals surface area contributed by atoms with Crippen molar-refractivity contribution >= 4 is 6.29 Å². The molecule has 0 heterocycles. The van der Waals surface area contributed by atoms with Crippen LogP contribution in [0.15, 0.2) is 0 Å². The summed E-state index contributed by atoms with van der Waals surface area (Å²) in [4.78, 5) is 9.40. The van der Waals surface area contributed by atoms with Gasteiger partial charge in [0.05, 0.1) is 6.61 Å². The Bertz CT molecular complexity index is 97.5. The lowest BCUT2D eigenvalue weighted by atomic mass is 10.1. The zero-order valence-electron chi connectivity index (χ0n) is 10.6. The van der Waals surface area contributed by atoms with Crippen molar-refractivity contribution in [1.29, 1.82) is 0 Å². The fourth-order valence-corrected chi connectivity index (χ4v) is 0.197. The van der Waals surface area contributed by atoms with Crippen LogP contribution in [0.3, 0.4) is 0 Å². The van der Waals surface area contributed by atoms with Crippen LogP contribution >= 0.6 is 0 Å². The lowest BCUT2D eigenvalue weighted by Gasteiger charge is -2.19. The van der Waals surface area contributed by atoms with E-state index in [1.165, 1.54) is 0 Å². The minimum absolute atomic E-state index is 0.111. The van der Waals surface area contributed by atoms with Gasteiger partial charge in [-0.2, -0.15) is 0 Å². The van der Waals surface area contributed by atoms with E-state index in [0.29, 0.717) is 6.42 Å². The summed E-state index contributed by atoms with van der Waals surface area (Å²) >= 11 is 0. The maximum Gasteiger partial charge on any atom is 0.119 e. The number of likely N-dealkylation sites (N-methyl/N-ethyl adjacent to an activating group) is 1. The van der Waals surface area contributed by atoms with Gasteiger partial charge >= 0.3 is 0 Å². The first-order valence-electron chi connectivity index (χ1n) is 5.27. The number of aldehydes is 1. The molecule has 0 bridgehead atoms. The highest BCUT2D eigenvalue weighted by Gasteiger charge is 2.10. The average Bonchev–Trinajstić information content (AvgIpc) is 2.23. The van der Waals surface area contributed by atoms with Crippen molar-refractivity contribution in [2.45, 2.75) is 53.0 Å². The van der Waals surface area contributed by atoms with Crippen LogP contribution < -0.4 is 5.32 Å². The monoisotopic (exact) mass is 205 g/mol. The van der Waals surface area contributed by atoms with E-state index in [-0.39, 0.29) is 12.1 Å². The molecule has 0 aromatic carbocycles. The summed E-state index contributed by atoms with van der Waals surface area (Å²) in [7, 11) is 1.83. The number of aliphatic hydroxyl groups excluding tert-OH is 1. The van der Waals surface area contributed by atoms with Crippen molar-refractivity contribution in [2.24, 2.45) is 0 Å². The molecule has 88 valence electrons. The number of rotatable bonds is 4. The summed E-state index contributed by atoms with van der Waals surface area (Å²) in [5.74, 6) is 0. The fraction of sp³-hybridized carbons (Fsp3) is 0.909. The highest BCUT2D eigenvalue weighted by atomic mass is 16.3. The molecule has 0 fully saturated rings. The lowest BCUT2D eigenvalue weighted by Crippen LogP contribution is -2.39. The summed E-state index contributed by atoms with van der Waals surface area (Å²) in [6.45, 7) is 10.0. The second-order valence-corrected chi connectivity index (χ2v) is 3.25. The molecule has 0 aliphatic rings. The Kier molecular flexibility index (Phi) is 20.7. The summed E-state index contributed by atoms with van der Waals surface area (Å²) in [5.41, 5.74) is -0.111. The summed E-state index contributed by atoms with van der Waals surface area (Å²) in [5, 5.41) is 11.5. The van der Waals surface area contributed by atoms with Crippen molar-refractivity contribution in [3.05, 3.63) is 0 Å². The molecule has 0 saturated carbocycles. The van der Waals surface area contributed by atoms with Crippen LogP contribution in [0, 0.1) is 0 Å². The summed E-state index contributed by atoms with van der Waals surface area (Å²) < 4.78 is 0. The van der Waals surface area contributed by atoms with Gasteiger partial charge in [0, 0.05) is 12.0 Å². The third kappa shape index (κ3) is 22.6. The fourth-order valence-electron chi connectivity index (χ4n) is 0.197. The standard InChI is InChI=1S/C5H13NO.C4H8O.C2H6/c1-5(2,4-7)6-3;1-2-3-4-5;1-2/h6-7H,4H2,1-3H3;4H,2-3H2,1H3;1-2H3. The molecule has 14 heavy (non-hydrogen) atoms. The molecule has 0 aromatic rings. The predicted molar refractivity (Wildman–Crippen MR) is 62.5 cm³/mol. The van der Waals surface area contributed by atoms with E-state index in [4.69, 9.17) is 5.11 Å². The van der Waals surface area contributed by atoms with Crippen molar-refractivity contribution in [3.63, 3.8) is 0 Å². The molecular formula is C11H27NO2. The Morgan fingerprint density at radius 1 is 1.36 bits per heavy atom. The molecule has 0 saturated heterocycles. The van der Waals surface area contributed by atoms with Crippen LogP contribution in [-0.4, -0.2) is 30.6 Å². The third-order valence-corrected chi connectivity index (χ3v) is 1.48. The average molecular weight is 205 g/mol. The predicted octanol–water partition coefficient (Wildman–Crippen LogP) is 1.99. The number of carbonyl (C=O) groups is 1. The van der Waals surface area contributed by atoms with E-state index in [9.17, 15) is 4.79 Å². The Morgan fingerprint density at radius 3 is 1.79 bits per heavy atom. The molecule has 0 aromatic heterocycles. The molecule has 0 rings (SSSR count). The van der Waals surface area contributed by atoms with Gasteiger partial charge < -0.3 is 15.2 Å². The van der Waals surface area contributed by atoms with Gasteiger partial charge in [-0.3, -0.25) is 0 Å². The zero-order valence-corrected chi connectivity index (χ0v) is 10.6. The summed E-state index contributed by atoms with van der Waals surface area (Å²) in [6, 6.07) is 0. The Labute approximate surface area is 88.9 Å². The normalized spacial score (nSPS) is 9.07. The number of hydrogen-bond acceptors (Lipinski definition) is 3. The summed E-state index contributed by atoms with van der Waals surface area (Å²) in [6.07, 6.45) is 2.61. The van der Waals surface area contributed by atoms with Gasteiger partial charge in [-0.1, -0.05) is 20.8 Å². The molecule has 0 radical (unpaired) electrons. The van der Waals surface area contributed by atoms with Crippen LogP contribution in [0.5, 0.6) is 0 Å². The topological polar surface area (TPSA) is 49.3 Å². The second-order valence-electron chi connectivity index (χ2n) is 3.25. The highest BCUT2D eigenvalue weighted by molar-refractivity contribution is 5.48. The molecule has 0 unspecified atom stereocenters. The van der Waals surface area contributed by atoms with Crippen LogP contribution in [0.2, 0.25) is 0 Å². The minimum Gasteiger partial charge on any atom is -0.394 e. The van der Waals surface area contributed by atoms with E-state index >= 15 is 0 Å². The van der Waals surface area contributed by atoms with E-state index < -0.39 is 0 Å². The van der Waals surface area contributed by atoms with Crippen LogP contribution in [-0.2, 0) is 4.79 Å². The molecular weight excluding hydrogens is 178 g/mol. The number of aliphatic hydroxyl groups is 1. The van der Waals surface area contributed by atoms with Gasteiger partial charge in [-0.05, 0) is 27.3 Å². The van der Waals surface area contributed by atoms with Gasteiger partial charge in [-0.25, -0.2) is 0 Å². The van der Waals surface area contributed by atoms with E-state index in [0.717, 1.165) is 12.7 Å². The van der Waals surface area contributed by atoms with E-state index in [1.54, 1.807) is 0 Å². The minimum atomic E-state index is -0.111. The van der Waals surface area contributed by atoms with Gasteiger partial charge in [0.25, 0.3) is 0 Å². The van der Waals surface area contributed by atoms with Crippen LogP contribution in [0.25, 0.3) is 0 Å². The Balaban J connectivity index is -0.000000152. The molecule has 0 aliphatic heterocycles. The number of nitrogens with one attached hydrogen (secondary N) is 1. The van der Waals surface area contributed by atoms with E-state index in [1.807, 2.05) is 41.7 Å². The molecule has 3 heteroatoms. The lowest BCUT2D eigenvalue weighted by molar-refractivity contribution is -0.107. The van der Waals surface area contributed by atoms with Crippen LogP contribution in [0.4, 0.5) is 0 Å². The van der Waals surface area contributed by atoms with Crippen molar-refractivity contribution in [1.82, 2.24) is 5.32 Å². The van der Waals surface area contributed by atoms with Crippen molar-refractivity contribution in [3.8, 4) is 0 Å². The first kappa shape index (κ1) is 19.2. The Morgan fingerprint density at radius 2 is 1.79 bits per heavy atom. The van der Waals surface area contributed by atoms with E-state index in [2.05, 4.69) is 5.32 Å². The zero-order chi connectivity index (χ0) is 12.0. The largest absolute Gasteiger partial charge is 0.394 e. The smallest absolute Gasteiger partial charge is 0.119 e. The molecule has 0 atom stereocenters. The molecule has 0 aliphatic carbocycles. The Hall–Kier alpha value is -0.410. The van der Waals surface area contributed by atoms with Crippen molar-refractivity contribution < 1.29 is 9.90 Å². The first-order valence-corrected chi connectivity index (χ1v) is 5.27.